The molecule has 0 aromatic heterocycles. The minimum atomic E-state index is -0.827. The van der Waals surface area contributed by atoms with Crippen LogP contribution in [0, 0.1) is 11.7 Å². The van der Waals surface area contributed by atoms with Crippen molar-refractivity contribution < 1.29 is 23.8 Å². The molecule has 6 nitrogen and oxygen atoms in total. The van der Waals surface area contributed by atoms with Gasteiger partial charge in [-0.05, 0) is 25.0 Å². The third-order valence-electron chi connectivity index (χ3n) is 3.53. The van der Waals surface area contributed by atoms with Gasteiger partial charge in [-0.3, -0.25) is 4.79 Å². The highest BCUT2D eigenvalue weighted by molar-refractivity contribution is 5.89. The predicted octanol–water partition coefficient (Wildman–Crippen LogP) is 2.16. The molecule has 1 saturated heterocycles. The maximum atomic E-state index is 13.5. The van der Waals surface area contributed by atoms with Crippen molar-refractivity contribution in [3.63, 3.8) is 0 Å². The molecule has 0 spiro atoms. The molecule has 2 N–H and O–H groups in total. The summed E-state index contributed by atoms with van der Waals surface area (Å²) in [6.07, 6.45) is 0.861. The molecule has 7 heteroatoms. The molecule has 1 aliphatic heterocycles. The first kappa shape index (κ1) is 15.1. The molecule has 1 aromatic rings. The fourth-order valence-electron chi connectivity index (χ4n) is 2.28. The van der Waals surface area contributed by atoms with Crippen molar-refractivity contribution in [2.45, 2.75) is 12.8 Å². The number of carbonyl (C=O) groups is 2. The summed E-state index contributed by atoms with van der Waals surface area (Å²) < 4.78 is 18.3. The third-order valence-corrected chi connectivity index (χ3v) is 3.53. The highest BCUT2D eigenvalue weighted by Crippen LogP contribution is 2.22. The Morgan fingerprint density at radius 1 is 1.38 bits per heavy atom. The topological polar surface area (TPSA) is 78.9 Å². The van der Waals surface area contributed by atoms with E-state index in [2.05, 4.69) is 5.32 Å². The van der Waals surface area contributed by atoms with Crippen LogP contribution in [0.25, 0.3) is 0 Å². The van der Waals surface area contributed by atoms with E-state index in [1.807, 2.05) is 0 Å². The number of halogens is 1. The number of hydrogen-bond donors (Lipinski definition) is 2. The lowest BCUT2D eigenvalue weighted by atomic mass is 9.97. The first-order valence-corrected chi connectivity index (χ1v) is 6.63. The van der Waals surface area contributed by atoms with Gasteiger partial charge in [0.2, 0.25) is 0 Å². The van der Waals surface area contributed by atoms with Gasteiger partial charge in [0, 0.05) is 24.8 Å². The summed E-state index contributed by atoms with van der Waals surface area (Å²) >= 11 is 0. The van der Waals surface area contributed by atoms with Crippen LogP contribution in [-0.2, 0) is 4.79 Å². The number of amides is 2. The maximum absolute atomic E-state index is 13.5. The monoisotopic (exact) mass is 296 g/mol. The number of hydrogen-bond acceptors (Lipinski definition) is 3. The first-order chi connectivity index (χ1) is 10.0. The van der Waals surface area contributed by atoms with Gasteiger partial charge in [-0.15, -0.1) is 0 Å². The molecule has 21 heavy (non-hydrogen) atoms. The molecule has 1 heterocycles. The zero-order valence-electron chi connectivity index (χ0n) is 11.6. The number of piperidine rings is 1. The van der Waals surface area contributed by atoms with E-state index in [1.54, 1.807) is 6.07 Å². The second-order valence-corrected chi connectivity index (χ2v) is 4.88. The van der Waals surface area contributed by atoms with Crippen molar-refractivity contribution in [2.24, 2.45) is 5.92 Å². The fraction of sp³-hybridized carbons (Fsp3) is 0.429. The number of methoxy groups -OCH3 is 1. The molecule has 1 aromatic carbocycles. The van der Waals surface area contributed by atoms with E-state index in [9.17, 15) is 14.0 Å². The van der Waals surface area contributed by atoms with Crippen molar-refractivity contribution >= 4 is 17.7 Å². The lowest BCUT2D eigenvalue weighted by Gasteiger charge is -2.30. The van der Waals surface area contributed by atoms with Gasteiger partial charge in [0.15, 0.2) is 11.6 Å². The van der Waals surface area contributed by atoms with E-state index in [4.69, 9.17) is 9.84 Å². The molecule has 0 bridgehead atoms. The van der Waals surface area contributed by atoms with Crippen LogP contribution in [0.1, 0.15) is 12.8 Å². The molecule has 0 aliphatic carbocycles. The average molecular weight is 296 g/mol. The normalized spacial score (nSPS) is 15.6. The van der Waals surface area contributed by atoms with Crippen LogP contribution >= 0.6 is 0 Å². The number of nitrogens with zero attached hydrogens (tertiary/aromatic N) is 1. The Balaban J connectivity index is 1.93. The molecule has 0 saturated carbocycles. The predicted molar refractivity (Wildman–Crippen MR) is 73.9 cm³/mol. The van der Waals surface area contributed by atoms with E-state index < -0.39 is 17.7 Å². The van der Waals surface area contributed by atoms with Crippen LogP contribution in [0.3, 0.4) is 0 Å². The van der Waals surface area contributed by atoms with E-state index in [0.29, 0.717) is 31.6 Å². The number of anilines is 1. The molecule has 2 rings (SSSR count). The number of likely N-dealkylation sites (tertiary alicyclic amines) is 1. The minimum absolute atomic E-state index is 0.107. The van der Waals surface area contributed by atoms with Gasteiger partial charge in [0.1, 0.15) is 0 Å². The number of nitrogens with one attached hydrogen (secondary N) is 1. The number of carboxylic acid groups (broad SMARTS) is 1. The van der Waals surface area contributed by atoms with Crippen LogP contribution in [-0.4, -0.2) is 42.2 Å². The quantitative estimate of drug-likeness (QED) is 0.896. The van der Waals surface area contributed by atoms with Gasteiger partial charge in [-0.1, -0.05) is 0 Å². The molecule has 0 unspecified atom stereocenters. The van der Waals surface area contributed by atoms with Crippen molar-refractivity contribution in [3.8, 4) is 5.75 Å². The number of rotatable bonds is 3. The Morgan fingerprint density at radius 3 is 2.57 bits per heavy atom. The number of benzene rings is 1. The van der Waals surface area contributed by atoms with Crippen LogP contribution in [0.15, 0.2) is 18.2 Å². The summed E-state index contributed by atoms with van der Waals surface area (Å²) in [6.45, 7) is 0.753. The maximum Gasteiger partial charge on any atom is 0.321 e. The van der Waals surface area contributed by atoms with Crippen LogP contribution in [0.5, 0.6) is 5.75 Å². The van der Waals surface area contributed by atoms with E-state index in [1.165, 1.54) is 24.1 Å². The molecule has 114 valence electrons. The number of carboxylic acids is 1. The molecule has 1 aliphatic rings. The Morgan fingerprint density at radius 2 is 2.05 bits per heavy atom. The fourth-order valence-corrected chi connectivity index (χ4v) is 2.28. The third kappa shape index (κ3) is 3.62. The Kier molecular flexibility index (Phi) is 4.62. The number of carbonyl (C=O) groups excluding carboxylic acids is 1. The van der Waals surface area contributed by atoms with Crippen molar-refractivity contribution in [2.75, 3.05) is 25.5 Å². The van der Waals surface area contributed by atoms with Gasteiger partial charge in [0.25, 0.3) is 0 Å². The number of urea groups is 1. The zero-order chi connectivity index (χ0) is 15.4. The second kappa shape index (κ2) is 6.43. The highest BCUT2D eigenvalue weighted by atomic mass is 19.1. The zero-order valence-corrected chi connectivity index (χ0v) is 11.6. The molecule has 1 fully saturated rings. The second-order valence-electron chi connectivity index (χ2n) is 4.88. The van der Waals surface area contributed by atoms with Crippen LogP contribution in [0.2, 0.25) is 0 Å². The summed E-state index contributed by atoms with van der Waals surface area (Å²) in [5.41, 5.74) is 0.332. The average Bonchev–Trinajstić information content (AvgIpc) is 2.47. The van der Waals surface area contributed by atoms with Crippen molar-refractivity contribution in [1.82, 2.24) is 4.90 Å². The molecular formula is C14H17FN2O4. The summed E-state index contributed by atoms with van der Waals surface area (Å²) in [6, 6.07) is 3.80. The summed E-state index contributed by atoms with van der Waals surface area (Å²) in [5, 5.41) is 11.5. The van der Waals surface area contributed by atoms with E-state index in [0.717, 1.165) is 0 Å². The summed E-state index contributed by atoms with van der Waals surface area (Å²) in [5.74, 6) is -1.67. The Hall–Kier alpha value is -2.31. The molecule has 2 amide bonds. The summed E-state index contributed by atoms with van der Waals surface area (Å²) in [4.78, 5) is 24.4. The lowest BCUT2D eigenvalue weighted by molar-refractivity contribution is -0.143. The Labute approximate surface area is 121 Å². The molecule has 0 radical (unpaired) electrons. The van der Waals surface area contributed by atoms with Gasteiger partial charge in [-0.2, -0.15) is 0 Å². The smallest absolute Gasteiger partial charge is 0.321 e. The number of ether oxygens (including phenoxy) is 1. The SMILES string of the molecule is COc1ccc(NC(=O)N2CCC(C(=O)O)CC2)cc1F. The highest BCUT2D eigenvalue weighted by Gasteiger charge is 2.27. The van der Waals surface area contributed by atoms with Gasteiger partial charge < -0.3 is 20.1 Å². The van der Waals surface area contributed by atoms with Gasteiger partial charge >= 0.3 is 12.0 Å². The van der Waals surface area contributed by atoms with Crippen LogP contribution < -0.4 is 10.1 Å². The standard InChI is InChI=1S/C14H17FN2O4/c1-21-12-3-2-10(8-11(12)15)16-14(20)17-6-4-9(5-7-17)13(18)19/h2-3,8-9H,4-7H2,1H3,(H,16,20)(H,18,19). The van der Waals surface area contributed by atoms with Crippen molar-refractivity contribution in [3.05, 3.63) is 24.0 Å². The first-order valence-electron chi connectivity index (χ1n) is 6.63. The van der Waals surface area contributed by atoms with Crippen molar-refractivity contribution in [1.29, 1.82) is 0 Å². The minimum Gasteiger partial charge on any atom is -0.494 e. The van der Waals surface area contributed by atoms with Gasteiger partial charge in [-0.25, -0.2) is 9.18 Å². The van der Waals surface area contributed by atoms with E-state index in [-0.39, 0.29) is 11.8 Å². The molecule has 0 atom stereocenters. The van der Waals surface area contributed by atoms with Gasteiger partial charge in [0.05, 0.1) is 13.0 Å². The lowest BCUT2D eigenvalue weighted by Crippen LogP contribution is -2.42. The van der Waals surface area contributed by atoms with Crippen LogP contribution in [0.4, 0.5) is 14.9 Å². The number of aliphatic carboxylic acids is 1. The summed E-state index contributed by atoms with van der Waals surface area (Å²) in [7, 11) is 1.36. The van der Waals surface area contributed by atoms with E-state index >= 15 is 0 Å². The molecular weight excluding hydrogens is 279 g/mol. The largest absolute Gasteiger partial charge is 0.494 e. The Bertz CT molecular complexity index is 542.